The molecule has 0 radical (unpaired) electrons. The van der Waals surface area contributed by atoms with Crippen LogP contribution in [0.1, 0.15) is 42.7 Å². The summed E-state index contributed by atoms with van der Waals surface area (Å²) in [6, 6.07) is 5.06. The maximum Gasteiger partial charge on any atom is 0.254 e. The van der Waals surface area contributed by atoms with Gasteiger partial charge >= 0.3 is 0 Å². The monoisotopic (exact) mass is 350 g/mol. The van der Waals surface area contributed by atoms with Crippen LogP contribution in [-0.2, 0) is 10.2 Å². The molecule has 0 saturated heterocycles. The van der Waals surface area contributed by atoms with Crippen molar-refractivity contribution < 1.29 is 23.2 Å². The summed E-state index contributed by atoms with van der Waals surface area (Å²) in [4.78, 5) is 16.2. The molecule has 0 spiro atoms. The number of nitrogens with one attached hydrogen (secondary N) is 1. The third-order valence-corrected chi connectivity index (χ3v) is 5.04. The van der Waals surface area contributed by atoms with Crippen LogP contribution in [0.15, 0.2) is 36.7 Å². The lowest BCUT2D eigenvalue weighted by molar-refractivity contribution is -0.136. The molecule has 1 aliphatic carbocycles. The Hall–Kier alpha value is -2.41. The van der Waals surface area contributed by atoms with Crippen LogP contribution in [0.25, 0.3) is 0 Å². The standard InChI is InChI=1S/C18H17F3N2O2/c19-13-8-12(9-22-10-13)11-4-6-18(7-5-11,17(24)23-25)14-2-1-3-15(20)16(14)21/h1-3,8-11,25H,4-7H2,(H,23,24)/t11-,18-. The highest BCUT2D eigenvalue weighted by atomic mass is 19.2. The van der Waals surface area contributed by atoms with Crippen molar-refractivity contribution in [3.8, 4) is 0 Å². The second-order valence-electron chi connectivity index (χ2n) is 6.34. The topological polar surface area (TPSA) is 62.2 Å². The summed E-state index contributed by atoms with van der Waals surface area (Å²) in [5.74, 6) is -3.39. The van der Waals surface area contributed by atoms with E-state index < -0.39 is 28.8 Å². The molecule has 7 heteroatoms. The first kappa shape index (κ1) is 17.4. The third kappa shape index (κ3) is 3.11. The van der Waals surface area contributed by atoms with Crippen LogP contribution >= 0.6 is 0 Å². The van der Waals surface area contributed by atoms with Crippen molar-refractivity contribution in [3.63, 3.8) is 0 Å². The molecular weight excluding hydrogens is 333 g/mol. The van der Waals surface area contributed by atoms with Crippen molar-refractivity contribution in [2.45, 2.75) is 37.0 Å². The van der Waals surface area contributed by atoms with Gasteiger partial charge in [-0.2, -0.15) is 0 Å². The van der Waals surface area contributed by atoms with Gasteiger partial charge in [0.15, 0.2) is 11.6 Å². The van der Waals surface area contributed by atoms with Crippen molar-refractivity contribution >= 4 is 5.91 Å². The molecule has 1 aliphatic rings. The van der Waals surface area contributed by atoms with E-state index in [2.05, 4.69) is 4.98 Å². The number of carbonyl (C=O) groups excluding carboxylic acids is 1. The zero-order valence-corrected chi connectivity index (χ0v) is 13.3. The third-order valence-electron chi connectivity index (χ3n) is 5.04. The van der Waals surface area contributed by atoms with E-state index in [1.807, 2.05) is 0 Å². The minimum atomic E-state index is -1.36. The molecule has 2 N–H and O–H groups in total. The van der Waals surface area contributed by atoms with Crippen molar-refractivity contribution in [3.05, 3.63) is 65.2 Å². The molecule has 3 rings (SSSR count). The van der Waals surface area contributed by atoms with Crippen LogP contribution in [0, 0.1) is 17.5 Å². The van der Waals surface area contributed by atoms with E-state index in [0.29, 0.717) is 18.4 Å². The Morgan fingerprint density at radius 1 is 1.20 bits per heavy atom. The number of hydrogen-bond donors (Lipinski definition) is 2. The number of hydroxylamine groups is 1. The number of rotatable bonds is 3. The molecule has 0 aliphatic heterocycles. The fourth-order valence-electron chi connectivity index (χ4n) is 3.69. The lowest BCUT2D eigenvalue weighted by Crippen LogP contribution is -2.46. The zero-order chi connectivity index (χ0) is 18.0. The van der Waals surface area contributed by atoms with E-state index in [1.165, 1.54) is 18.2 Å². The Kier molecular flexibility index (Phi) is 4.76. The van der Waals surface area contributed by atoms with Crippen LogP contribution < -0.4 is 5.48 Å². The normalized spacial score (nSPS) is 23.3. The number of nitrogens with zero attached hydrogens (tertiary/aromatic N) is 1. The number of aromatic nitrogens is 1. The average Bonchev–Trinajstić information content (AvgIpc) is 2.63. The van der Waals surface area contributed by atoms with Gasteiger partial charge in [0.2, 0.25) is 0 Å². The van der Waals surface area contributed by atoms with E-state index in [1.54, 1.807) is 11.7 Å². The van der Waals surface area contributed by atoms with E-state index in [4.69, 9.17) is 5.21 Å². The molecule has 0 bridgehead atoms. The molecule has 1 aromatic carbocycles. The van der Waals surface area contributed by atoms with Crippen LogP contribution in [-0.4, -0.2) is 16.1 Å². The minimum absolute atomic E-state index is 0.0422. The molecule has 1 fully saturated rings. The summed E-state index contributed by atoms with van der Waals surface area (Å²) in [6.07, 6.45) is 3.97. The average molecular weight is 350 g/mol. The summed E-state index contributed by atoms with van der Waals surface area (Å²) < 4.78 is 41.3. The summed E-state index contributed by atoms with van der Waals surface area (Å²) in [5, 5.41) is 9.12. The first-order valence-electron chi connectivity index (χ1n) is 7.97. The van der Waals surface area contributed by atoms with Gasteiger partial charge in [-0.15, -0.1) is 0 Å². The molecule has 1 aromatic heterocycles. The molecule has 0 atom stereocenters. The number of carbonyl (C=O) groups is 1. The molecule has 1 amide bonds. The summed E-state index contributed by atoms with van der Waals surface area (Å²) in [7, 11) is 0. The predicted octanol–water partition coefficient (Wildman–Crippen LogP) is 3.60. The van der Waals surface area contributed by atoms with Gasteiger partial charge in [0, 0.05) is 11.8 Å². The van der Waals surface area contributed by atoms with Crippen LogP contribution in [0.2, 0.25) is 0 Å². The zero-order valence-electron chi connectivity index (χ0n) is 13.3. The second-order valence-corrected chi connectivity index (χ2v) is 6.34. The van der Waals surface area contributed by atoms with Gasteiger partial charge in [-0.05, 0) is 49.3 Å². The highest BCUT2D eigenvalue weighted by molar-refractivity contribution is 5.87. The Morgan fingerprint density at radius 2 is 1.92 bits per heavy atom. The lowest BCUT2D eigenvalue weighted by atomic mass is 9.65. The van der Waals surface area contributed by atoms with Gasteiger partial charge in [-0.1, -0.05) is 12.1 Å². The number of halogens is 3. The predicted molar refractivity (Wildman–Crippen MR) is 83.4 cm³/mol. The molecular formula is C18H17F3N2O2. The largest absolute Gasteiger partial charge is 0.289 e. The molecule has 2 aromatic rings. The highest BCUT2D eigenvalue weighted by Gasteiger charge is 2.45. The Balaban J connectivity index is 1.92. The van der Waals surface area contributed by atoms with Crippen LogP contribution in [0.3, 0.4) is 0 Å². The van der Waals surface area contributed by atoms with E-state index >= 15 is 0 Å². The number of amides is 1. The fraction of sp³-hybridized carbons (Fsp3) is 0.333. The van der Waals surface area contributed by atoms with Crippen molar-refractivity contribution in [2.24, 2.45) is 0 Å². The molecule has 4 nitrogen and oxygen atoms in total. The molecule has 1 saturated carbocycles. The fourth-order valence-corrected chi connectivity index (χ4v) is 3.69. The minimum Gasteiger partial charge on any atom is -0.289 e. The second kappa shape index (κ2) is 6.84. The number of benzene rings is 1. The first-order valence-corrected chi connectivity index (χ1v) is 7.97. The van der Waals surface area contributed by atoms with Gasteiger partial charge in [-0.3, -0.25) is 15.0 Å². The van der Waals surface area contributed by atoms with Gasteiger partial charge in [-0.25, -0.2) is 18.7 Å². The highest BCUT2D eigenvalue weighted by Crippen LogP contribution is 2.46. The van der Waals surface area contributed by atoms with Crippen molar-refractivity contribution in [1.29, 1.82) is 0 Å². The molecule has 0 unspecified atom stereocenters. The quantitative estimate of drug-likeness (QED) is 0.657. The van der Waals surface area contributed by atoms with Crippen molar-refractivity contribution in [2.75, 3.05) is 0 Å². The van der Waals surface area contributed by atoms with Crippen LogP contribution in [0.5, 0.6) is 0 Å². The maximum atomic E-state index is 14.3. The maximum absolute atomic E-state index is 14.3. The molecule has 1 heterocycles. The summed E-state index contributed by atoms with van der Waals surface area (Å²) in [5.41, 5.74) is 0.853. The number of hydrogen-bond acceptors (Lipinski definition) is 3. The molecule has 132 valence electrons. The first-order chi connectivity index (χ1) is 12.0. The van der Waals surface area contributed by atoms with Gasteiger partial charge in [0.05, 0.1) is 11.6 Å². The van der Waals surface area contributed by atoms with Crippen molar-refractivity contribution in [1.82, 2.24) is 10.5 Å². The summed E-state index contributed by atoms with van der Waals surface area (Å²) in [6.45, 7) is 0. The van der Waals surface area contributed by atoms with Gasteiger partial charge in [0.1, 0.15) is 5.82 Å². The number of pyridine rings is 1. The SMILES string of the molecule is O=C(NO)[C@]1(c2cccc(F)c2F)CC[C@@H](c2cncc(F)c2)CC1. The summed E-state index contributed by atoms with van der Waals surface area (Å²) >= 11 is 0. The van der Waals surface area contributed by atoms with E-state index in [-0.39, 0.29) is 24.3 Å². The van der Waals surface area contributed by atoms with Gasteiger partial charge < -0.3 is 0 Å². The lowest BCUT2D eigenvalue weighted by Gasteiger charge is -2.39. The molecule has 25 heavy (non-hydrogen) atoms. The van der Waals surface area contributed by atoms with Gasteiger partial charge in [0.25, 0.3) is 5.91 Å². The smallest absolute Gasteiger partial charge is 0.254 e. The Morgan fingerprint density at radius 3 is 2.56 bits per heavy atom. The van der Waals surface area contributed by atoms with E-state index in [9.17, 15) is 18.0 Å². The van der Waals surface area contributed by atoms with E-state index in [0.717, 1.165) is 12.3 Å². The Bertz CT molecular complexity index is 790. The Labute approximate surface area is 142 Å². The van der Waals surface area contributed by atoms with Crippen LogP contribution in [0.4, 0.5) is 13.2 Å².